The van der Waals surface area contributed by atoms with E-state index in [0.717, 1.165) is 23.5 Å². The highest BCUT2D eigenvalue weighted by Gasteiger charge is 2.13. The molecule has 2 rings (SSSR count). The van der Waals surface area contributed by atoms with E-state index >= 15 is 0 Å². The van der Waals surface area contributed by atoms with E-state index in [1.165, 1.54) is 10.9 Å². The maximum Gasteiger partial charge on any atom is 0.0652 e. The van der Waals surface area contributed by atoms with Crippen molar-refractivity contribution in [2.24, 2.45) is 5.73 Å². The summed E-state index contributed by atoms with van der Waals surface area (Å²) in [5.41, 5.74) is 8.26. The Balaban J connectivity index is 2.27. The summed E-state index contributed by atoms with van der Waals surface area (Å²) in [5, 5.41) is 1.98. The van der Waals surface area contributed by atoms with E-state index in [0.29, 0.717) is 6.61 Å². The van der Waals surface area contributed by atoms with Gasteiger partial charge in [-0.25, -0.2) is 0 Å². The maximum absolute atomic E-state index is 6.14. The van der Waals surface area contributed by atoms with Gasteiger partial charge in [0.15, 0.2) is 0 Å². The molecule has 0 aliphatic carbocycles. The van der Waals surface area contributed by atoms with Gasteiger partial charge >= 0.3 is 0 Å². The highest BCUT2D eigenvalue weighted by Crippen LogP contribution is 2.26. The highest BCUT2D eigenvalue weighted by atomic mass is 35.5. The molecule has 1 atom stereocenters. The second-order valence-corrected chi connectivity index (χ2v) is 7.09. The van der Waals surface area contributed by atoms with Crippen molar-refractivity contribution in [3.05, 3.63) is 35.0 Å². The van der Waals surface area contributed by atoms with Gasteiger partial charge in [0, 0.05) is 34.7 Å². The molecule has 0 bridgehead atoms. The molecule has 0 fully saturated rings. The van der Waals surface area contributed by atoms with Crippen molar-refractivity contribution in [3.8, 4) is 0 Å². The van der Waals surface area contributed by atoms with Crippen molar-refractivity contribution >= 4 is 22.5 Å². The van der Waals surface area contributed by atoms with Crippen LogP contribution in [0.4, 0.5) is 0 Å². The fraction of sp³-hybridized carbons (Fsp3) is 0.529. The van der Waals surface area contributed by atoms with Crippen LogP contribution in [-0.4, -0.2) is 22.8 Å². The molecule has 0 spiro atoms. The molecule has 3 nitrogen and oxygen atoms in total. The summed E-state index contributed by atoms with van der Waals surface area (Å²) in [4.78, 5) is 0. The molecule has 0 amide bonds. The minimum Gasteiger partial charge on any atom is -0.374 e. The number of nitrogens with two attached hydrogens (primary N) is 1. The van der Waals surface area contributed by atoms with Crippen LogP contribution in [0.15, 0.2) is 24.4 Å². The topological polar surface area (TPSA) is 40.2 Å². The van der Waals surface area contributed by atoms with Gasteiger partial charge in [0.2, 0.25) is 0 Å². The molecule has 0 radical (unpaired) electrons. The Morgan fingerprint density at radius 2 is 2.05 bits per heavy atom. The second kappa shape index (κ2) is 6.39. The lowest BCUT2D eigenvalue weighted by atomic mass is 10.1. The summed E-state index contributed by atoms with van der Waals surface area (Å²) in [6, 6.07) is 6.17. The quantitative estimate of drug-likeness (QED) is 0.907. The maximum atomic E-state index is 6.14. The fourth-order valence-corrected chi connectivity index (χ4v) is 2.65. The highest BCUT2D eigenvalue weighted by molar-refractivity contribution is 6.31. The average Bonchev–Trinajstić information content (AvgIpc) is 2.65. The lowest BCUT2D eigenvalue weighted by Crippen LogP contribution is -2.21. The van der Waals surface area contributed by atoms with Gasteiger partial charge in [-0.05, 0) is 51.8 Å². The van der Waals surface area contributed by atoms with Crippen LogP contribution in [0, 0.1) is 0 Å². The molecule has 1 unspecified atom stereocenters. The van der Waals surface area contributed by atoms with Crippen LogP contribution in [0.1, 0.15) is 33.3 Å². The Kier molecular flexibility index (Phi) is 4.97. The molecular formula is C17H25ClN2O. The predicted octanol–water partition coefficient (Wildman–Crippen LogP) is 4.00. The van der Waals surface area contributed by atoms with Crippen molar-refractivity contribution < 1.29 is 4.74 Å². The fourth-order valence-electron chi connectivity index (χ4n) is 2.49. The number of fused-ring (bicyclic) bond motifs is 1. The van der Waals surface area contributed by atoms with Crippen LogP contribution in [0.3, 0.4) is 0 Å². The lowest BCUT2D eigenvalue weighted by molar-refractivity contribution is -0.00645. The minimum atomic E-state index is -0.116. The Labute approximate surface area is 132 Å². The lowest BCUT2D eigenvalue weighted by Gasteiger charge is -2.19. The van der Waals surface area contributed by atoms with Crippen molar-refractivity contribution in [2.75, 3.05) is 6.61 Å². The predicted molar refractivity (Wildman–Crippen MR) is 90.0 cm³/mol. The van der Waals surface area contributed by atoms with Crippen LogP contribution in [0.2, 0.25) is 5.02 Å². The molecule has 0 aliphatic heterocycles. The summed E-state index contributed by atoms with van der Waals surface area (Å²) >= 11 is 6.14. The first kappa shape index (κ1) is 16.3. The van der Waals surface area contributed by atoms with Gasteiger partial charge in [0.05, 0.1) is 12.2 Å². The van der Waals surface area contributed by atoms with Crippen LogP contribution in [0.25, 0.3) is 10.9 Å². The molecule has 4 heteroatoms. The van der Waals surface area contributed by atoms with Gasteiger partial charge in [0.25, 0.3) is 0 Å². The number of halogens is 1. The summed E-state index contributed by atoms with van der Waals surface area (Å²) < 4.78 is 8.04. The van der Waals surface area contributed by atoms with E-state index in [-0.39, 0.29) is 11.6 Å². The zero-order valence-electron chi connectivity index (χ0n) is 13.3. The molecule has 0 aliphatic rings. The first-order valence-corrected chi connectivity index (χ1v) is 7.81. The summed E-state index contributed by atoms with van der Waals surface area (Å²) in [6.07, 6.45) is 3.04. The number of hydrogen-bond acceptors (Lipinski definition) is 2. The molecular weight excluding hydrogens is 284 g/mol. The van der Waals surface area contributed by atoms with Crippen LogP contribution >= 0.6 is 11.6 Å². The standard InChI is InChI=1S/C17H25ClN2O/c1-12(19)9-13-11-20(7-8-21-17(2,3)4)16-10-14(18)5-6-15(13)16/h5-6,10-12H,7-9,19H2,1-4H3. The van der Waals surface area contributed by atoms with Crippen molar-refractivity contribution in [2.45, 2.75) is 52.3 Å². The molecule has 1 aromatic heterocycles. The van der Waals surface area contributed by atoms with Crippen LogP contribution < -0.4 is 5.73 Å². The molecule has 2 aromatic rings. The van der Waals surface area contributed by atoms with Crippen molar-refractivity contribution in [1.29, 1.82) is 0 Å². The smallest absolute Gasteiger partial charge is 0.0652 e. The van der Waals surface area contributed by atoms with Crippen molar-refractivity contribution in [3.63, 3.8) is 0 Å². The second-order valence-electron chi connectivity index (χ2n) is 6.65. The summed E-state index contributed by atoms with van der Waals surface area (Å²) in [6.45, 7) is 9.73. The third-order valence-corrected chi connectivity index (χ3v) is 3.57. The van der Waals surface area contributed by atoms with Gasteiger partial charge in [-0.3, -0.25) is 0 Å². The number of benzene rings is 1. The Bertz CT molecular complexity index is 611. The number of hydrogen-bond donors (Lipinski definition) is 1. The normalized spacial score (nSPS) is 13.8. The van der Waals surface area contributed by atoms with Gasteiger partial charge in [0.1, 0.15) is 0 Å². The van der Waals surface area contributed by atoms with E-state index in [1.54, 1.807) is 0 Å². The molecule has 116 valence electrons. The molecule has 21 heavy (non-hydrogen) atoms. The minimum absolute atomic E-state index is 0.116. The van der Waals surface area contributed by atoms with Gasteiger partial charge < -0.3 is 15.0 Å². The molecule has 2 N–H and O–H groups in total. The summed E-state index contributed by atoms with van der Waals surface area (Å²) in [7, 11) is 0. The van der Waals surface area contributed by atoms with Gasteiger partial charge in [-0.1, -0.05) is 17.7 Å². The van der Waals surface area contributed by atoms with E-state index in [2.05, 4.69) is 37.6 Å². The van der Waals surface area contributed by atoms with E-state index in [1.807, 2.05) is 19.1 Å². The van der Waals surface area contributed by atoms with E-state index in [4.69, 9.17) is 22.1 Å². The first-order valence-electron chi connectivity index (χ1n) is 7.43. The number of aromatic nitrogens is 1. The Hall–Kier alpha value is -1.03. The molecule has 0 saturated carbocycles. The zero-order chi connectivity index (χ0) is 15.6. The van der Waals surface area contributed by atoms with Gasteiger partial charge in [-0.2, -0.15) is 0 Å². The number of ether oxygens (including phenoxy) is 1. The summed E-state index contributed by atoms with van der Waals surface area (Å²) in [5.74, 6) is 0. The van der Waals surface area contributed by atoms with Crippen LogP contribution in [0.5, 0.6) is 0 Å². The Morgan fingerprint density at radius 3 is 2.67 bits per heavy atom. The van der Waals surface area contributed by atoms with Gasteiger partial charge in [-0.15, -0.1) is 0 Å². The monoisotopic (exact) mass is 308 g/mol. The number of nitrogens with zero attached hydrogens (tertiary/aromatic N) is 1. The molecule has 0 saturated heterocycles. The largest absolute Gasteiger partial charge is 0.374 e. The van der Waals surface area contributed by atoms with Crippen molar-refractivity contribution in [1.82, 2.24) is 4.57 Å². The third-order valence-electron chi connectivity index (χ3n) is 3.34. The molecule has 1 heterocycles. The zero-order valence-corrected chi connectivity index (χ0v) is 14.1. The molecule has 1 aromatic carbocycles. The van der Waals surface area contributed by atoms with Crippen LogP contribution in [-0.2, 0) is 17.7 Å². The Morgan fingerprint density at radius 1 is 1.33 bits per heavy atom. The first-order chi connectivity index (χ1) is 9.76. The van der Waals surface area contributed by atoms with E-state index in [9.17, 15) is 0 Å². The van der Waals surface area contributed by atoms with E-state index < -0.39 is 0 Å². The SMILES string of the molecule is CC(N)Cc1cn(CCOC(C)(C)C)c2cc(Cl)ccc12. The third kappa shape index (κ3) is 4.47. The average molecular weight is 309 g/mol. The number of rotatable bonds is 5.